The van der Waals surface area contributed by atoms with Crippen molar-refractivity contribution in [3.05, 3.63) is 34.4 Å². The van der Waals surface area contributed by atoms with E-state index in [4.69, 9.17) is 0 Å². The Kier molecular flexibility index (Phi) is 3.15. The van der Waals surface area contributed by atoms with Crippen LogP contribution in [0.1, 0.15) is 0 Å². The van der Waals surface area contributed by atoms with Crippen molar-refractivity contribution in [2.45, 2.75) is 0 Å². The summed E-state index contributed by atoms with van der Waals surface area (Å²) in [4.78, 5) is 13.9. The zero-order chi connectivity index (χ0) is 9.68. The van der Waals surface area contributed by atoms with Crippen LogP contribution < -0.4 is 10.1 Å². The molecule has 70 valence electrons. The van der Waals surface area contributed by atoms with Gasteiger partial charge in [0, 0.05) is 12.1 Å². The summed E-state index contributed by atoms with van der Waals surface area (Å²) >= 11 is 0. The summed E-state index contributed by atoms with van der Waals surface area (Å²) < 4.78 is 0. The maximum atomic E-state index is 10.2. The third kappa shape index (κ3) is 2.67. The molecule has 1 rings (SSSR count). The molecule has 0 aliphatic carbocycles. The van der Waals surface area contributed by atoms with Crippen LogP contribution in [0.15, 0.2) is 24.3 Å². The summed E-state index contributed by atoms with van der Waals surface area (Å²) in [6, 6.07) is 4.92. The highest BCUT2D eigenvalue weighted by Crippen LogP contribution is 2.17. The average molecular weight is 186 g/mol. The Balaban J connectivity index is 2.64. The maximum absolute atomic E-state index is 10.2. The number of nitrogens with zero attached hydrogens (tertiary/aromatic N) is 1. The Morgan fingerprint density at radius 2 is 1.85 bits per heavy atom. The molecule has 0 aromatic heterocycles. The number of rotatable bonds is 4. The van der Waals surface area contributed by atoms with Gasteiger partial charge in [-0.3, -0.25) is 15.2 Å². The number of nitro benzene ring substituents is 1. The molecule has 0 fully saturated rings. The molecule has 0 N–H and O–H groups in total. The smallest absolute Gasteiger partial charge is 0.269 e. The van der Waals surface area contributed by atoms with E-state index in [1.807, 2.05) is 0 Å². The number of hydrogen-bond donors (Lipinski definition) is 0. The van der Waals surface area contributed by atoms with E-state index in [1.165, 1.54) is 24.3 Å². The van der Waals surface area contributed by atoms with Crippen LogP contribution in [-0.4, -0.2) is 4.92 Å². The average Bonchev–Trinajstić information content (AvgIpc) is 2.15. The Hall–Kier alpha value is -1.70. The van der Waals surface area contributed by atoms with E-state index in [0.29, 0.717) is 0 Å². The van der Waals surface area contributed by atoms with E-state index in [2.05, 4.69) is 15.0 Å². The molecule has 0 saturated carbocycles. The van der Waals surface area contributed by atoms with Gasteiger partial charge < -0.3 is 10.1 Å². The van der Waals surface area contributed by atoms with Crippen molar-refractivity contribution in [1.82, 2.24) is 0 Å². The minimum Gasteiger partial charge on any atom is -0.689 e. The van der Waals surface area contributed by atoms with Crippen LogP contribution in [0.25, 0.3) is 0 Å². The van der Waals surface area contributed by atoms with E-state index in [1.54, 1.807) is 0 Å². The second-order valence-corrected chi connectivity index (χ2v) is 1.97. The first-order valence-corrected chi connectivity index (χ1v) is 3.11. The highest BCUT2D eigenvalue weighted by molar-refractivity contribution is 5.35. The first-order valence-electron chi connectivity index (χ1n) is 3.11. The normalized spacial score (nSPS) is 9.62. The lowest BCUT2D eigenvalue weighted by molar-refractivity contribution is -0.838. The summed E-state index contributed by atoms with van der Waals surface area (Å²) in [5.74, 6) is 0.126. The number of non-ortho nitro benzene ring substituents is 1. The largest absolute Gasteiger partial charge is 0.689 e. The van der Waals surface area contributed by atoms with Crippen LogP contribution in [0.5, 0.6) is 5.75 Å². The molecule has 0 unspecified atom stereocenters. The quantitative estimate of drug-likeness (QED) is 0.376. The van der Waals surface area contributed by atoms with Gasteiger partial charge in [-0.1, -0.05) is 0 Å². The summed E-state index contributed by atoms with van der Waals surface area (Å²) in [5.41, 5.74) is -0.0876. The van der Waals surface area contributed by atoms with Crippen LogP contribution >= 0.6 is 0 Å². The van der Waals surface area contributed by atoms with Crippen LogP contribution in [-0.2, 0) is 10.1 Å². The zero-order valence-corrected chi connectivity index (χ0v) is 6.21. The van der Waals surface area contributed by atoms with E-state index < -0.39 is 4.92 Å². The Morgan fingerprint density at radius 3 is 2.31 bits per heavy atom. The van der Waals surface area contributed by atoms with Crippen molar-refractivity contribution in [3.63, 3.8) is 0 Å². The molecule has 1 aromatic carbocycles. The monoisotopic (exact) mass is 186 g/mol. The molecule has 0 aliphatic heterocycles. The first-order chi connectivity index (χ1) is 6.24. The molecule has 13 heavy (non-hydrogen) atoms. The third-order valence-electron chi connectivity index (χ3n) is 1.21. The Morgan fingerprint density at radius 1 is 1.23 bits per heavy atom. The molecule has 0 bridgehead atoms. The first kappa shape index (κ1) is 9.39. The molecule has 1 aromatic rings. The van der Waals surface area contributed by atoms with E-state index >= 15 is 0 Å². The highest BCUT2D eigenvalue weighted by Gasteiger charge is 2.04. The van der Waals surface area contributed by atoms with Crippen LogP contribution in [0.2, 0.25) is 0 Å². The summed E-state index contributed by atoms with van der Waals surface area (Å²) in [5, 5.41) is 26.0. The predicted octanol–water partition coefficient (Wildman–Crippen LogP) is 0.112. The number of benzene rings is 1. The molecule has 0 saturated heterocycles. The molecule has 0 atom stereocenters. The molecular formula is C6H4NO6-. The lowest BCUT2D eigenvalue weighted by atomic mass is 10.3. The molecule has 0 radical (unpaired) electrons. The van der Waals surface area contributed by atoms with Crippen molar-refractivity contribution in [1.29, 1.82) is 0 Å². The zero-order valence-electron chi connectivity index (χ0n) is 6.21. The van der Waals surface area contributed by atoms with Gasteiger partial charge in [0.2, 0.25) is 0 Å². The topological polar surface area (TPSA) is 93.9 Å². The van der Waals surface area contributed by atoms with Gasteiger partial charge in [0.15, 0.2) is 5.75 Å². The van der Waals surface area contributed by atoms with Crippen molar-refractivity contribution in [2.75, 3.05) is 0 Å². The van der Waals surface area contributed by atoms with Gasteiger partial charge in [-0.25, -0.2) is 0 Å². The van der Waals surface area contributed by atoms with Crippen LogP contribution in [0, 0.1) is 10.1 Å². The molecule has 0 spiro atoms. The molecule has 0 amide bonds. The van der Waals surface area contributed by atoms with Gasteiger partial charge in [0.1, 0.15) is 0 Å². The van der Waals surface area contributed by atoms with E-state index in [9.17, 15) is 15.4 Å². The van der Waals surface area contributed by atoms with Gasteiger partial charge in [-0.05, 0) is 17.2 Å². The molecule has 0 aliphatic rings. The minimum absolute atomic E-state index is 0.0876. The molecular weight excluding hydrogens is 182 g/mol. The van der Waals surface area contributed by atoms with Gasteiger partial charge in [-0.2, -0.15) is 0 Å². The fourth-order valence-corrected chi connectivity index (χ4v) is 0.677. The predicted molar refractivity (Wildman–Crippen MR) is 35.9 cm³/mol. The van der Waals surface area contributed by atoms with Crippen molar-refractivity contribution in [2.24, 2.45) is 0 Å². The van der Waals surface area contributed by atoms with Gasteiger partial charge in [0.05, 0.1) is 4.92 Å². The third-order valence-corrected chi connectivity index (χ3v) is 1.21. The highest BCUT2D eigenvalue weighted by atomic mass is 17.6. The second kappa shape index (κ2) is 4.36. The van der Waals surface area contributed by atoms with Crippen molar-refractivity contribution >= 4 is 5.69 Å². The number of hydrogen-bond acceptors (Lipinski definition) is 6. The Bertz CT molecular complexity index is 284. The minimum atomic E-state index is -0.561. The van der Waals surface area contributed by atoms with E-state index in [0.717, 1.165) is 0 Å². The van der Waals surface area contributed by atoms with Gasteiger partial charge in [-0.15, -0.1) is 0 Å². The second-order valence-electron chi connectivity index (χ2n) is 1.97. The lowest BCUT2D eigenvalue weighted by Crippen LogP contribution is -2.08. The molecule has 0 heterocycles. The Labute approximate surface area is 72.0 Å². The van der Waals surface area contributed by atoms with Crippen LogP contribution in [0.3, 0.4) is 0 Å². The number of nitro groups is 1. The summed E-state index contributed by atoms with van der Waals surface area (Å²) in [6.07, 6.45) is 0. The standard InChI is InChI=1S/C6H5NO6/c8-7(9)5-1-3-6(4-2-5)11-13-12-10/h1-4,10H/p-1. The molecule has 7 nitrogen and oxygen atoms in total. The SMILES string of the molecule is O=[N+]([O-])c1ccc(OOO[O-])cc1. The van der Waals surface area contributed by atoms with Crippen LogP contribution in [0.4, 0.5) is 5.69 Å². The summed E-state index contributed by atoms with van der Waals surface area (Å²) in [6.45, 7) is 0. The fraction of sp³-hybridized carbons (Fsp3) is 0. The van der Waals surface area contributed by atoms with Crippen molar-refractivity contribution < 1.29 is 25.1 Å². The molecule has 7 heteroatoms. The van der Waals surface area contributed by atoms with Gasteiger partial charge >= 0.3 is 0 Å². The van der Waals surface area contributed by atoms with E-state index in [-0.39, 0.29) is 11.4 Å². The fourth-order valence-electron chi connectivity index (χ4n) is 0.677. The lowest BCUT2D eigenvalue weighted by Gasteiger charge is -2.04. The van der Waals surface area contributed by atoms with Gasteiger partial charge in [0.25, 0.3) is 5.69 Å². The summed E-state index contributed by atoms with van der Waals surface area (Å²) in [7, 11) is 0. The maximum Gasteiger partial charge on any atom is 0.269 e. The van der Waals surface area contributed by atoms with Crippen molar-refractivity contribution in [3.8, 4) is 5.75 Å².